The molecule has 1 aromatic rings. The standard InChI is InChI=1S/C11H15N3O/c1-8(7-15-2)14-10-5-3-4-9(6-12)11(10)13/h3-5,8,14H,7,13H2,1-2H3. The van der Waals surface area contributed by atoms with Gasteiger partial charge in [0.05, 0.1) is 23.5 Å². The molecule has 0 heterocycles. The predicted molar refractivity (Wildman–Crippen MR) is 60.5 cm³/mol. The van der Waals surface area contributed by atoms with Gasteiger partial charge in [-0.05, 0) is 19.1 Å². The quantitative estimate of drug-likeness (QED) is 0.732. The van der Waals surface area contributed by atoms with Gasteiger partial charge in [-0.25, -0.2) is 0 Å². The summed E-state index contributed by atoms with van der Waals surface area (Å²) in [4.78, 5) is 0. The summed E-state index contributed by atoms with van der Waals surface area (Å²) in [6.07, 6.45) is 0. The van der Waals surface area contributed by atoms with E-state index in [9.17, 15) is 0 Å². The average molecular weight is 205 g/mol. The number of methoxy groups -OCH3 is 1. The molecule has 1 unspecified atom stereocenters. The van der Waals surface area contributed by atoms with Crippen molar-refractivity contribution >= 4 is 11.4 Å². The van der Waals surface area contributed by atoms with Gasteiger partial charge in [-0.1, -0.05) is 6.07 Å². The smallest absolute Gasteiger partial charge is 0.101 e. The van der Waals surface area contributed by atoms with Crippen molar-refractivity contribution in [1.29, 1.82) is 5.26 Å². The number of rotatable bonds is 4. The fourth-order valence-electron chi connectivity index (χ4n) is 1.35. The van der Waals surface area contributed by atoms with Gasteiger partial charge in [-0.15, -0.1) is 0 Å². The second kappa shape index (κ2) is 5.23. The molecule has 0 aromatic heterocycles. The van der Waals surface area contributed by atoms with E-state index in [4.69, 9.17) is 15.7 Å². The first-order valence-electron chi connectivity index (χ1n) is 4.73. The fourth-order valence-corrected chi connectivity index (χ4v) is 1.35. The van der Waals surface area contributed by atoms with Crippen LogP contribution in [0, 0.1) is 11.3 Å². The van der Waals surface area contributed by atoms with E-state index in [1.807, 2.05) is 19.1 Å². The Morgan fingerprint density at radius 3 is 2.93 bits per heavy atom. The van der Waals surface area contributed by atoms with Crippen LogP contribution in [0.25, 0.3) is 0 Å². The lowest BCUT2D eigenvalue weighted by Gasteiger charge is -2.16. The number of nitrogen functional groups attached to an aromatic ring is 1. The SMILES string of the molecule is COCC(C)Nc1cccc(C#N)c1N. The number of benzene rings is 1. The van der Waals surface area contributed by atoms with Crippen LogP contribution in [0.15, 0.2) is 18.2 Å². The number of hydrogen-bond donors (Lipinski definition) is 2. The van der Waals surface area contributed by atoms with Crippen molar-refractivity contribution in [2.45, 2.75) is 13.0 Å². The Bertz CT molecular complexity index is 371. The monoisotopic (exact) mass is 205 g/mol. The minimum Gasteiger partial charge on any atom is -0.396 e. The summed E-state index contributed by atoms with van der Waals surface area (Å²) < 4.78 is 5.00. The molecule has 0 saturated heterocycles. The zero-order valence-corrected chi connectivity index (χ0v) is 8.95. The van der Waals surface area contributed by atoms with Crippen LogP contribution in [-0.4, -0.2) is 19.8 Å². The van der Waals surface area contributed by atoms with Crippen molar-refractivity contribution in [3.05, 3.63) is 23.8 Å². The van der Waals surface area contributed by atoms with Crippen molar-refractivity contribution in [2.24, 2.45) is 0 Å². The lowest BCUT2D eigenvalue weighted by Crippen LogP contribution is -2.21. The summed E-state index contributed by atoms with van der Waals surface area (Å²) in [5.41, 5.74) is 7.57. The van der Waals surface area contributed by atoms with Gasteiger partial charge in [-0.3, -0.25) is 0 Å². The molecule has 1 atom stereocenters. The molecule has 0 amide bonds. The maximum absolute atomic E-state index is 8.80. The zero-order valence-electron chi connectivity index (χ0n) is 8.95. The maximum atomic E-state index is 8.80. The molecule has 4 nitrogen and oxygen atoms in total. The Labute approximate surface area is 89.7 Å². The molecular weight excluding hydrogens is 190 g/mol. The topological polar surface area (TPSA) is 71.1 Å². The summed E-state index contributed by atoms with van der Waals surface area (Å²) >= 11 is 0. The third-order valence-corrected chi connectivity index (χ3v) is 2.05. The molecule has 0 aliphatic heterocycles. The van der Waals surface area contributed by atoms with E-state index in [0.717, 1.165) is 5.69 Å². The fraction of sp³-hybridized carbons (Fsp3) is 0.364. The number of hydrogen-bond acceptors (Lipinski definition) is 4. The van der Waals surface area contributed by atoms with E-state index < -0.39 is 0 Å². The van der Waals surface area contributed by atoms with Crippen molar-refractivity contribution in [3.8, 4) is 6.07 Å². The lowest BCUT2D eigenvalue weighted by atomic mass is 10.1. The van der Waals surface area contributed by atoms with Crippen LogP contribution in [0.1, 0.15) is 12.5 Å². The molecule has 3 N–H and O–H groups in total. The Balaban J connectivity index is 2.82. The maximum Gasteiger partial charge on any atom is 0.101 e. The molecule has 0 bridgehead atoms. The number of nitrogens with one attached hydrogen (secondary N) is 1. The van der Waals surface area contributed by atoms with Crippen LogP contribution < -0.4 is 11.1 Å². The lowest BCUT2D eigenvalue weighted by molar-refractivity contribution is 0.190. The van der Waals surface area contributed by atoms with E-state index in [1.165, 1.54) is 0 Å². The Morgan fingerprint density at radius 2 is 2.33 bits per heavy atom. The van der Waals surface area contributed by atoms with Crippen LogP contribution in [0.5, 0.6) is 0 Å². The van der Waals surface area contributed by atoms with Crippen LogP contribution in [0.3, 0.4) is 0 Å². The molecule has 4 heteroatoms. The van der Waals surface area contributed by atoms with E-state index in [1.54, 1.807) is 19.2 Å². The highest BCUT2D eigenvalue weighted by atomic mass is 16.5. The highest BCUT2D eigenvalue weighted by Crippen LogP contribution is 2.22. The van der Waals surface area contributed by atoms with Crippen LogP contribution in [0.2, 0.25) is 0 Å². The van der Waals surface area contributed by atoms with E-state index >= 15 is 0 Å². The van der Waals surface area contributed by atoms with Crippen LogP contribution in [-0.2, 0) is 4.74 Å². The van der Waals surface area contributed by atoms with Gasteiger partial charge in [0.2, 0.25) is 0 Å². The van der Waals surface area contributed by atoms with Crippen LogP contribution in [0.4, 0.5) is 11.4 Å². The Kier molecular flexibility index (Phi) is 3.95. The molecule has 15 heavy (non-hydrogen) atoms. The summed E-state index contributed by atoms with van der Waals surface area (Å²) in [6.45, 7) is 2.58. The summed E-state index contributed by atoms with van der Waals surface area (Å²) in [6, 6.07) is 7.55. The van der Waals surface area contributed by atoms with Gasteiger partial charge in [-0.2, -0.15) is 5.26 Å². The van der Waals surface area contributed by atoms with Gasteiger partial charge in [0.1, 0.15) is 6.07 Å². The third-order valence-electron chi connectivity index (χ3n) is 2.05. The first kappa shape index (κ1) is 11.3. The van der Waals surface area contributed by atoms with E-state index in [2.05, 4.69) is 5.32 Å². The molecule has 0 aliphatic rings. The number of nitrogens with two attached hydrogens (primary N) is 1. The van der Waals surface area contributed by atoms with Gasteiger partial charge in [0, 0.05) is 13.2 Å². The number of ether oxygens (including phenoxy) is 1. The Hall–Kier alpha value is -1.73. The van der Waals surface area contributed by atoms with E-state index in [0.29, 0.717) is 17.9 Å². The minimum absolute atomic E-state index is 0.159. The van der Waals surface area contributed by atoms with Crippen molar-refractivity contribution in [3.63, 3.8) is 0 Å². The zero-order chi connectivity index (χ0) is 11.3. The molecule has 1 aromatic carbocycles. The summed E-state index contributed by atoms with van der Waals surface area (Å²) in [7, 11) is 1.65. The van der Waals surface area contributed by atoms with Crippen molar-refractivity contribution in [2.75, 3.05) is 24.8 Å². The van der Waals surface area contributed by atoms with Gasteiger partial charge in [0.25, 0.3) is 0 Å². The van der Waals surface area contributed by atoms with E-state index in [-0.39, 0.29) is 6.04 Å². The van der Waals surface area contributed by atoms with Crippen LogP contribution >= 0.6 is 0 Å². The third kappa shape index (κ3) is 2.86. The summed E-state index contributed by atoms with van der Waals surface area (Å²) in [5, 5.41) is 12.0. The molecule has 0 radical (unpaired) electrons. The number of nitriles is 1. The normalized spacial score (nSPS) is 11.8. The number of para-hydroxylation sites is 1. The number of nitrogens with zero attached hydrogens (tertiary/aromatic N) is 1. The molecule has 0 aliphatic carbocycles. The van der Waals surface area contributed by atoms with Crippen molar-refractivity contribution in [1.82, 2.24) is 0 Å². The van der Waals surface area contributed by atoms with Gasteiger partial charge < -0.3 is 15.8 Å². The molecule has 0 spiro atoms. The second-order valence-corrected chi connectivity index (χ2v) is 3.38. The first-order valence-corrected chi connectivity index (χ1v) is 4.73. The van der Waals surface area contributed by atoms with Gasteiger partial charge >= 0.3 is 0 Å². The predicted octanol–water partition coefficient (Wildman–Crippen LogP) is 1.59. The highest BCUT2D eigenvalue weighted by molar-refractivity contribution is 5.73. The average Bonchev–Trinajstić information content (AvgIpc) is 2.21. The molecule has 0 saturated carbocycles. The molecular formula is C11H15N3O. The first-order chi connectivity index (χ1) is 7.19. The second-order valence-electron chi connectivity index (χ2n) is 3.38. The largest absolute Gasteiger partial charge is 0.396 e. The highest BCUT2D eigenvalue weighted by Gasteiger charge is 2.06. The van der Waals surface area contributed by atoms with Crippen molar-refractivity contribution < 1.29 is 4.74 Å². The Morgan fingerprint density at radius 1 is 1.60 bits per heavy atom. The minimum atomic E-state index is 0.159. The molecule has 0 fully saturated rings. The summed E-state index contributed by atoms with van der Waals surface area (Å²) in [5.74, 6) is 0. The van der Waals surface area contributed by atoms with Gasteiger partial charge in [0.15, 0.2) is 0 Å². The number of anilines is 2. The molecule has 80 valence electrons. The molecule has 1 rings (SSSR count).